The van der Waals surface area contributed by atoms with Gasteiger partial charge in [-0.2, -0.15) is 53.7 Å². The molecule has 0 unspecified atom stereocenters. The van der Waals surface area contributed by atoms with Gasteiger partial charge in [-0.15, -0.1) is 22.7 Å². The molecule has 0 spiro atoms. The zero-order valence-electron chi connectivity index (χ0n) is 55.4. The number of carbonyl (C=O) groups is 2. The van der Waals surface area contributed by atoms with Crippen LogP contribution in [-0.2, 0) is 39.1 Å². The molecule has 0 radical (unpaired) electrons. The van der Waals surface area contributed by atoms with Gasteiger partial charge in [0.05, 0.1) is 58.6 Å². The number of hydrogen-bond donors (Lipinski definition) is 2. The number of nitrogens with one attached hydrogen (secondary N) is 2. The highest BCUT2D eigenvalue weighted by Crippen LogP contribution is 2.33. The van der Waals surface area contributed by atoms with Crippen LogP contribution in [0.4, 0.5) is 26.3 Å². The summed E-state index contributed by atoms with van der Waals surface area (Å²) in [6, 6.07) is 55.4. The highest BCUT2D eigenvalue weighted by molar-refractivity contribution is 7.91. The van der Waals surface area contributed by atoms with Crippen LogP contribution < -0.4 is 62.2 Å². The topological polar surface area (TPSA) is 247 Å². The van der Waals surface area contributed by atoms with Crippen LogP contribution in [0.5, 0.6) is 11.5 Å². The van der Waals surface area contributed by atoms with Gasteiger partial charge in [0, 0.05) is 46.4 Å². The van der Waals surface area contributed by atoms with E-state index in [1.165, 1.54) is 22.7 Å². The lowest BCUT2D eigenvalue weighted by Crippen LogP contribution is -2.59. The summed E-state index contributed by atoms with van der Waals surface area (Å²) in [6.45, 7) is -1.60. The van der Waals surface area contributed by atoms with Crippen molar-refractivity contribution in [2.45, 2.75) is 62.4 Å². The number of hydrogen-bond acceptors (Lipinski definition) is 16. The van der Waals surface area contributed by atoms with Crippen molar-refractivity contribution < 1.29 is 71.7 Å². The number of sulfonamides is 2. The van der Waals surface area contributed by atoms with Gasteiger partial charge in [0.2, 0.25) is 11.8 Å². The molecule has 4 heterocycles. The number of benzene rings is 6. The molecular weight excluding hydrogens is 1420 g/mol. The Morgan fingerprint density at radius 3 is 1.16 bits per heavy atom. The number of amides is 2. The SMILES string of the molecule is COc1ccc2sc(/C(C#N)=c3/c4c(=C5C=CC(OCCCCC(=O)NS(=O)(=O)C(F)(F)F)=CC5)n(B(c5ccccc5)c5ccccc5)/c(=C(/C#N)c5nc6cc(OC)ccc6s5)c4c(=C4C=CC(OCCCCC(=O)NS(=O)(=O)C(F)(F)F)=CC4)n3B(c3ccccc3)c3ccccc3)nc2c1. The van der Waals surface area contributed by atoms with Crippen molar-refractivity contribution in [2.75, 3.05) is 27.4 Å². The van der Waals surface area contributed by atoms with E-state index in [2.05, 4.69) is 21.1 Å². The molecule has 104 heavy (non-hydrogen) atoms. The molecule has 0 saturated carbocycles. The van der Waals surface area contributed by atoms with E-state index in [4.69, 9.17) is 28.9 Å². The first-order valence-electron chi connectivity index (χ1n) is 32.5. The summed E-state index contributed by atoms with van der Waals surface area (Å²) in [4.78, 5) is 35.3. The number of ether oxygens (including phenoxy) is 4. The van der Waals surface area contributed by atoms with Crippen LogP contribution in [0.15, 0.2) is 206 Å². The van der Waals surface area contributed by atoms with Crippen LogP contribution in [-0.4, -0.2) is 99.7 Å². The van der Waals surface area contributed by atoms with Gasteiger partial charge in [-0.25, -0.2) is 19.4 Å². The minimum atomic E-state index is -5.90. The maximum atomic E-state index is 13.1. The maximum absolute atomic E-state index is 13.1. The lowest BCUT2D eigenvalue weighted by molar-refractivity contribution is -0.120. The molecule has 6 aromatic carbocycles. The van der Waals surface area contributed by atoms with Gasteiger partial charge < -0.3 is 27.9 Å². The number of alkyl halides is 6. The maximum Gasteiger partial charge on any atom is 0.516 e. The molecule has 30 heteroatoms. The second kappa shape index (κ2) is 31.0. The molecule has 4 aromatic heterocycles. The second-order valence-electron chi connectivity index (χ2n) is 23.9. The second-order valence-corrected chi connectivity index (χ2v) is 29.3. The van der Waals surface area contributed by atoms with Crippen molar-refractivity contribution in [3.8, 4) is 23.6 Å². The number of rotatable bonds is 24. The number of fused-ring (bicyclic) bond motifs is 3. The normalized spacial score (nSPS) is 15.0. The smallest absolute Gasteiger partial charge is 0.497 e. The summed E-state index contributed by atoms with van der Waals surface area (Å²) < 4.78 is 157. The van der Waals surface area contributed by atoms with Crippen LogP contribution in [0.2, 0.25) is 0 Å². The molecule has 0 atom stereocenters. The van der Waals surface area contributed by atoms with Crippen molar-refractivity contribution in [3.63, 3.8) is 0 Å². The van der Waals surface area contributed by atoms with Crippen molar-refractivity contribution in [1.29, 1.82) is 10.5 Å². The molecule has 2 amide bonds. The average molecular weight is 1490 g/mol. The van der Waals surface area contributed by atoms with Crippen LogP contribution in [0, 0.1) is 22.7 Å². The average Bonchev–Trinajstić information content (AvgIpc) is 1.52. The van der Waals surface area contributed by atoms with E-state index < -0.39 is 69.4 Å². The number of allylic oxidation sites excluding steroid dienone is 6. The van der Waals surface area contributed by atoms with Crippen LogP contribution in [0.25, 0.3) is 53.5 Å². The fourth-order valence-corrected chi connectivity index (χ4v) is 15.5. The molecule has 2 aliphatic rings. The van der Waals surface area contributed by atoms with E-state index in [1.54, 1.807) is 38.5 Å². The van der Waals surface area contributed by atoms with Gasteiger partial charge in [-0.05, 0) is 98.2 Å². The highest BCUT2D eigenvalue weighted by atomic mass is 32.2. The molecule has 2 N–H and O–H groups in total. The van der Waals surface area contributed by atoms with Gasteiger partial charge in [0.15, 0.2) is 0 Å². The number of nitrogens with zero attached hydrogens (tertiary/aromatic N) is 6. The van der Waals surface area contributed by atoms with Gasteiger partial charge in [0.25, 0.3) is 0 Å². The number of aromatic nitrogens is 4. The summed E-state index contributed by atoms with van der Waals surface area (Å²) in [5, 5.41) is 28.6. The van der Waals surface area contributed by atoms with E-state index in [0.717, 1.165) is 40.7 Å². The van der Waals surface area contributed by atoms with Gasteiger partial charge in [-0.3, -0.25) is 9.59 Å². The number of methoxy groups -OCH3 is 2. The summed E-state index contributed by atoms with van der Waals surface area (Å²) in [7, 11) is -8.71. The van der Waals surface area contributed by atoms with Crippen LogP contribution >= 0.6 is 22.7 Å². The molecule has 0 saturated heterocycles. The molecular formula is C74H60B2F6N8O10S4. The van der Waals surface area contributed by atoms with Gasteiger partial charge in [-0.1, -0.05) is 155 Å². The van der Waals surface area contributed by atoms with E-state index >= 15 is 0 Å². The van der Waals surface area contributed by atoms with Crippen molar-refractivity contribution in [1.82, 2.24) is 28.4 Å². The molecule has 528 valence electrons. The Hall–Kier alpha value is -10.9. The molecule has 0 aliphatic heterocycles. The predicted octanol–water partition coefficient (Wildman–Crippen LogP) is 8.73. The molecule has 18 nitrogen and oxygen atoms in total. The Morgan fingerprint density at radius 2 is 0.865 bits per heavy atom. The standard InChI is InChI=1S/C74H60B2F6N8O10S4/c1-97-55-37-39-61-59(43-55)85-71(101-61)57(45-83)69-65-66(68(89(69)75(49-19-7-3-8-20-49)50-21-9-4-10-22-50)48-31-35-54(36-32-48)100-42-18-16-28-64(92)88-104(95,96)74(80,81)82)70(58(46-84)72-86-60-44-56(98-2)38-40-62(60)102-72)90(76(51-23-11-5-12-24-51)52-25-13-6-14-26-52)67(65)47-29-33-53(34-30-47)99-41-17-15-27-63(91)87-103(93,94)73(77,78)79/h3-14,19-26,29,31,33-40,43-44H,15-18,27-28,30,32,41-42H2,1-2H3,(H,87,91)(H,88,92)/b67-47?,68-48?,69-57-,70-58-. The Labute approximate surface area is 601 Å². The number of unbranched alkanes of at least 4 members (excludes halogenated alkanes) is 2. The first-order chi connectivity index (χ1) is 50.0. The summed E-state index contributed by atoms with van der Waals surface area (Å²) in [6.07, 6.45) is 10.4. The van der Waals surface area contributed by atoms with Crippen LogP contribution in [0.1, 0.15) is 61.4 Å². The van der Waals surface area contributed by atoms with Crippen molar-refractivity contribution >= 4 is 144 Å². The molecule has 0 bridgehead atoms. The Kier molecular flexibility index (Phi) is 21.7. The Morgan fingerprint density at radius 1 is 0.519 bits per heavy atom. The van der Waals surface area contributed by atoms with Gasteiger partial charge in [0.1, 0.15) is 56.3 Å². The number of halogens is 6. The van der Waals surface area contributed by atoms with Crippen molar-refractivity contribution in [3.05, 3.63) is 237 Å². The molecule has 0 fully saturated rings. The fourth-order valence-electron chi connectivity index (χ4n) is 12.5. The minimum Gasteiger partial charge on any atom is -0.497 e. The van der Waals surface area contributed by atoms with E-state index in [-0.39, 0.29) is 62.9 Å². The zero-order valence-corrected chi connectivity index (χ0v) is 58.6. The monoisotopic (exact) mass is 1480 g/mol. The fraction of sp³-hybridized carbons (Fsp3) is 0.189. The first-order valence-corrected chi connectivity index (χ1v) is 37.1. The Balaban J connectivity index is 1.20. The molecule has 12 rings (SSSR count). The third kappa shape index (κ3) is 15.4. The number of nitriles is 2. The number of carbonyl (C=O) groups excluding carboxylic acids is 2. The number of thiazole rings is 2. The molecule has 2 aliphatic carbocycles. The molecule has 10 aromatic rings. The summed E-state index contributed by atoms with van der Waals surface area (Å²) >= 11 is 2.61. The lowest BCUT2D eigenvalue weighted by Gasteiger charge is -2.22. The zero-order chi connectivity index (χ0) is 73.5. The largest absolute Gasteiger partial charge is 0.516 e. The summed E-state index contributed by atoms with van der Waals surface area (Å²) in [5.74, 6) is -0.815. The highest BCUT2D eigenvalue weighted by Gasteiger charge is 2.48. The first kappa shape index (κ1) is 72.9. The van der Waals surface area contributed by atoms with E-state index in [9.17, 15) is 63.3 Å². The van der Waals surface area contributed by atoms with E-state index in [0.29, 0.717) is 87.4 Å². The Bertz CT molecular complexity index is 5290. The predicted molar refractivity (Wildman–Crippen MR) is 390 cm³/mol. The lowest BCUT2D eigenvalue weighted by atomic mass is 9.50. The van der Waals surface area contributed by atoms with Gasteiger partial charge >= 0.3 is 44.8 Å². The third-order valence-corrected chi connectivity index (χ3v) is 21.6. The summed E-state index contributed by atoms with van der Waals surface area (Å²) in [5.41, 5.74) is -5.43. The third-order valence-electron chi connectivity index (χ3n) is 17.2. The minimum absolute atomic E-state index is 0.0197. The van der Waals surface area contributed by atoms with Crippen molar-refractivity contribution in [2.24, 2.45) is 0 Å². The van der Waals surface area contributed by atoms with E-state index in [1.807, 2.05) is 170 Å². The van der Waals surface area contributed by atoms with Crippen LogP contribution in [0.3, 0.4) is 0 Å². The quantitative estimate of drug-likeness (QED) is 0.0326.